The van der Waals surface area contributed by atoms with Crippen molar-refractivity contribution >= 4 is 5.91 Å². The zero-order valence-electron chi connectivity index (χ0n) is 17.4. The van der Waals surface area contributed by atoms with Crippen LogP contribution in [0.15, 0.2) is 48.5 Å². The fourth-order valence-electron chi connectivity index (χ4n) is 3.02. The number of ether oxygens (including phenoxy) is 1. The second-order valence-electron chi connectivity index (χ2n) is 7.99. The molecule has 1 atom stereocenters. The van der Waals surface area contributed by atoms with Crippen LogP contribution in [0.25, 0.3) is 0 Å². The summed E-state index contributed by atoms with van der Waals surface area (Å²) in [5, 5.41) is 3.06. The molecule has 0 aliphatic rings. The Kier molecular flexibility index (Phi) is 7.03. The van der Waals surface area contributed by atoms with E-state index in [9.17, 15) is 4.79 Å². The lowest BCUT2D eigenvalue weighted by Crippen LogP contribution is -2.34. The number of nitrogens with one attached hydrogen (secondary N) is 1. The molecule has 146 valence electrons. The second kappa shape index (κ2) is 9.05. The van der Waals surface area contributed by atoms with E-state index in [0.717, 1.165) is 0 Å². The summed E-state index contributed by atoms with van der Waals surface area (Å²) in [4.78, 5) is 14.8. The summed E-state index contributed by atoms with van der Waals surface area (Å²) < 4.78 is 5.57. The first-order valence-electron chi connectivity index (χ1n) is 9.51. The summed E-state index contributed by atoms with van der Waals surface area (Å²) in [7, 11) is 4.06. The molecule has 0 saturated heterocycles. The highest BCUT2D eigenvalue weighted by Gasteiger charge is 2.19. The van der Waals surface area contributed by atoms with Crippen molar-refractivity contribution < 1.29 is 9.53 Å². The highest BCUT2D eigenvalue weighted by atomic mass is 16.5. The molecule has 0 bridgehead atoms. The molecule has 0 heterocycles. The van der Waals surface area contributed by atoms with Crippen LogP contribution in [0, 0.1) is 0 Å². The van der Waals surface area contributed by atoms with E-state index in [1.807, 2.05) is 39.2 Å². The van der Waals surface area contributed by atoms with Gasteiger partial charge in [-0.1, -0.05) is 57.2 Å². The number of carbonyl (C=O) groups is 1. The molecule has 1 N–H and O–H groups in total. The summed E-state index contributed by atoms with van der Waals surface area (Å²) in [5.74, 6) is 0.505. The summed E-state index contributed by atoms with van der Waals surface area (Å²) in [6.07, 6.45) is 0. The summed E-state index contributed by atoms with van der Waals surface area (Å²) in [6, 6.07) is 16.1. The van der Waals surface area contributed by atoms with Gasteiger partial charge in [-0.2, -0.15) is 0 Å². The normalized spacial score (nSPS) is 12.7. The van der Waals surface area contributed by atoms with Gasteiger partial charge in [0, 0.05) is 6.54 Å². The first-order chi connectivity index (χ1) is 12.7. The van der Waals surface area contributed by atoms with Crippen molar-refractivity contribution in [1.29, 1.82) is 0 Å². The van der Waals surface area contributed by atoms with Gasteiger partial charge in [-0.05, 0) is 49.7 Å². The van der Waals surface area contributed by atoms with E-state index in [-0.39, 0.29) is 17.4 Å². The first kappa shape index (κ1) is 21.0. The number of hydrogen-bond acceptors (Lipinski definition) is 3. The number of rotatable bonds is 7. The Morgan fingerprint density at radius 1 is 1.07 bits per heavy atom. The van der Waals surface area contributed by atoms with Gasteiger partial charge >= 0.3 is 0 Å². The number of amides is 1. The number of likely N-dealkylation sites (N-methyl/N-ethyl adjacent to an activating group) is 1. The van der Waals surface area contributed by atoms with Crippen LogP contribution >= 0.6 is 0 Å². The molecular formula is C23H32N2O2. The van der Waals surface area contributed by atoms with E-state index in [4.69, 9.17) is 4.74 Å². The monoisotopic (exact) mass is 368 g/mol. The van der Waals surface area contributed by atoms with Crippen molar-refractivity contribution in [1.82, 2.24) is 10.2 Å². The van der Waals surface area contributed by atoms with E-state index in [1.165, 1.54) is 11.1 Å². The lowest BCUT2D eigenvalue weighted by molar-refractivity contribution is 0.0938. The van der Waals surface area contributed by atoms with Gasteiger partial charge < -0.3 is 15.0 Å². The van der Waals surface area contributed by atoms with Gasteiger partial charge in [0.1, 0.15) is 5.75 Å². The average molecular weight is 369 g/mol. The van der Waals surface area contributed by atoms with Gasteiger partial charge in [-0.15, -0.1) is 0 Å². The lowest BCUT2D eigenvalue weighted by Gasteiger charge is -2.26. The van der Waals surface area contributed by atoms with Gasteiger partial charge in [0.2, 0.25) is 0 Å². The average Bonchev–Trinajstić information content (AvgIpc) is 2.62. The van der Waals surface area contributed by atoms with Crippen LogP contribution in [0.3, 0.4) is 0 Å². The van der Waals surface area contributed by atoms with E-state index in [2.05, 4.69) is 55.3 Å². The van der Waals surface area contributed by atoms with E-state index >= 15 is 0 Å². The minimum atomic E-state index is -0.114. The molecule has 2 aromatic rings. The molecule has 0 fully saturated rings. The molecule has 0 spiro atoms. The number of hydrogen-bond donors (Lipinski definition) is 1. The Bertz CT molecular complexity index is 746. The molecule has 0 aliphatic carbocycles. The zero-order valence-corrected chi connectivity index (χ0v) is 17.4. The van der Waals surface area contributed by atoms with Crippen LogP contribution in [0.2, 0.25) is 0 Å². The van der Waals surface area contributed by atoms with Crippen molar-refractivity contribution in [3.05, 3.63) is 65.2 Å². The molecule has 4 heteroatoms. The third-order valence-electron chi connectivity index (χ3n) is 4.67. The maximum absolute atomic E-state index is 12.7. The molecule has 27 heavy (non-hydrogen) atoms. The maximum Gasteiger partial charge on any atom is 0.255 e. The Morgan fingerprint density at radius 2 is 1.70 bits per heavy atom. The molecule has 2 aromatic carbocycles. The zero-order chi connectivity index (χ0) is 20.0. The van der Waals surface area contributed by atoms with Crippen molar-refractivity contribution in [3.8, 4) is 5.75 Å². The molecule has 1 amide bonds. The minimum absolute atomic E-state index is 0.0993. The van der Waals surface area contributed by atoms with Crippen LogP contribution in [0.4, 0.5) is 0 Å². The predicted molar refractivity (Wildman–Crippen MR) is 112 cm³/mol. The molecule has 2 rings (SSSR count). The molecule has 0 aromatic heterocycles. The van der Waals surface area contributed by atoms with Gasteiger partial charge in [0.15, 0.2) is 0 Å². The third kappa shape index (κ3) is 5.57. The third-order valence-corrected chi connectivity index (χ3v) is 4.67. The fraction of sp³-hybridized carbons (Fsp3) is 0.435. The van der Waals surface area contributed by atoms with Crippen molar-refractivity contribution in [2.45, 2.75) is 39.2 Å². The number of carbonyl (C=O) groups excluding carboxylic acids is 1. The van der Waals surface area contributed by atoms with Crippen LogP contribution < -0.4 is 10.1 Å². The van der Waals surface area contributed by atoms with Crippen LogP contribution in [-0.4, -0.2) is 38.1 Å². The highest BCUT2D eigenvalue weighted by molar-refractivity contribution is 5.96. The molecule has 0 radical (unpaired) electrons. The maximum atomic E-state index is 12.7. The Hall–Kier alpha value is -2.33. The first-order valence-corrected chi connectivity index (χ1v) is 9.51. The van der Waals surface area contributed by atoms with Gasteiger partial charge in [-0.25, -0.2) is 0 Å². The van der Waals surface area contributed by atoms with Crippen LogP contribution in [0.1, 0.15) is 55.2 Å². The minimum Gasteiger partial charge on any atom is -0.493 e. The molecular weight excluding hydrogens is 336 g/mol. The second-order valence-corrected chi connectivity index (χ2v) is 7.99. The topological polar surface area (TPSA) is 41.6 Å². The SMILES string of the molecule is CCOc1ccccc1C(=O)NC[C@@H](c1ccc(C(C)(C)C)cc1)N(C)C. The lowest BCUT2D eigenvalue weighted by atomic mass is 9.86. The van der Waals surface area contributed by atoms with Gasteiger partial charge in [0.05, 0.1) is 18.2 Å². The standard InChI is InChI=1S/C23H32N2O2/c1-7-27-21-11-9-8-10-19(21)22(26)24-16-20(25(5)6)17-12-14-18(15-13-17)23(2,3)4/h8-15,20H,7,16H2,1-6H3,(H,24,26)/t20-/m0/s1. The number of benzene rings is 2. The van der Waals surface area contributed by atoms with Crippen LogP contribution in [-0.2, 0) is 5.41 Å². The summed E-state index contributed by atoms with van der Waals surface area (Å²) in [6.45, 7) is 9.61. The predicted octanol–water partition coefficient (Wildman–Crippen LogP) is 4.42. The van der Waals surface area contributed by atoms with Gasteiger partial charge in [0.25, 0.3) is 5.91 Å². The van der Waals surface area contributed by atoms with Crippen LogP contribution in [0.5, 0.6) is 5.75 Å². The quantitative estimate of drug-likeness (QED) is 0.787. The molecule has 0 unspecified atom stereocenters. The summed E-state index contributed by atoms with van der Waals surface area (Å²) in [5.41, 5.74) is 3.19. The molecule has 0 saturated carbocycles. The summed E-state index contributed by atoms with van der Waals surface area (Å²) >= 11 is 0. The van der Waals surface area contributed by atoms with Gasteiger partial charge in [-0.3, -0.25) is 4.79 Å². The highest BCUT2D eigenvalue weighted by Crippen LogP contribution is 2.25. The molecule has 0 aliphatic heterocycles. The fourth-order valence-corrected chi connectivity index (χ4v) is 3.02. The molecule has 4 nitrogen and oxygen atoms in total. The smallest absolute Gasteiger partial charge is 0.255 e. The number of para-hydroxylation sites is 1. The van der Waals surface area contributed by atoms with Crippen molar-refractivity contribution in [2.24, 2.45) is 0 Å². The largest absolute Gasteiger partial charge is 0.493 e. The van der Waals surface area contributed by atoms with E-state index in [1.54, 1.807) is 6.07 Å². The Labute approximate surface area is 163 Å². The van der Waals surface area contributed by atoms with Crippen molar-refractivity contribution in [2.75, 3.05) is 27.2 Å². The Balaban J connectivity index is 2.12. The van der Waals surface area contributed by atoms with E-state index < -0.39 is 0 Å². The number of nitrogens with zero attached hydrogens (tertiary/aromatic N) is 1. The van der Waals surface area contributed by atoms with E-state index in [0.29, 0.717) is 24.5 Å². The van der Waals surface area contributed by atoms with Crippen molar-refractivity contribution in [3.63, 3.8) is 0 Å². The Morgan fingerprint density at radius 3 is 2.26 bits per heavy atom.